The Kier molecular flexibility index (Phi) is 5.92. The van der Waals surface area contributed by atoms with Gasteiger partial charge in [0.1, 0.15) is 8.07 Å². The first-order chi connectivity index (χ1) is 17.7. The van der Waals surface area contributed by atoms with Gasteiger partial charge in [0, 0.05) is 5.04 Å². The van der Waals surface area contributed by atoms with Gasteiger partial charge in [0.05, 0.1) is 13.2 Å². The van der Waals surface area contributed by atoms with E-state index in [9.17, 15) is 0 Å². The molecule has 5 aromatic carbocycles. The van der Waals surface area contributed by atoms with E-state index in [0.717, 1.165) is 0 Å². The number of benzene rings is 5. The molecule has 0 fully saturated rings. The standard InChI is InChI=1S/C34H30OSi/c1-36(28-17-7-3-8-18-28,29-19-9-4-10-20-29)34(26-35-25-27-15-5-2-6-16-27)32-23-13-11-21-30(32)31-22-12-14-24-33(31)34/h2-24H,25-26H2,1H3. The second-order valence-electron chi connectivity index (χ2n) is 9.83. The molecule has 1 aliphatic rings. The van der Waals surface area contributed by atoms with E-state index in [1.807, 2.05) is 0 Å². The molecule has 0 radical (unpaired) electrons. The van der Waals surface area contributed by atoms with Crippen LogP contribution in [0.1, 0.15) is 16.7 Å². The number of fused-ring (bicyclic) bond motifs is 3. The minimum Gasteiger partial charge on any atom is -0.376 e. The molecular weight excluding hydrogens is 452 g/mol. The zero-order valence-corrected chi connectivity index (χ0v) is 21.6. The van der Waals surface area contributed by atoms with E-state index in [1.165, 1.54) is 38.2 Å². The molecule has 0 atom stereocenters. The molecule has 0 amide bonds. The average Bonchev–Trinajstić information content (AvgIpc) is 3.25. The van der Waals surface area contributed by atoms with Crippen molar-refractivity contribution in [2.45, 2.75) is 18.2 Å². The summed E-state index contributed by atoms with van der Waals surface area (Å²) < 4.78 is 6.74. The topological polar surface area (TPSA) is 9.23 Å². The molecule has 0 heterocycles. The molecule has 36 heavy (non-hydrogen) atoms. The van der Waals surface area contributed by atoms with Crippen molar-refractivity contribution in [2.75, 3.05) is 6.61 Å². The summed E-state index contributed by atoms with van der Waals surface area (Å²) in [4.78, 5) is 0. The Morgan fingerprint density at radius 1 is 0.528 bits per heavy atom. The number of rotatable bonds is 7. The Labute approximate surface area is 215 Å². The normalized spacial score (nSPS) is 13.7. The molecule has 2 heteroatoms. The lowest BCUT2D eigenvalue weighted by atomic mass is 9.96. The SMILES string of the molecule is C[Si](c1ccccc1)(c1ccccc1)C1(COCc2ccccc2)c2ccccc2-c2ccccc21. The summed E-state index contributed by atoms with van der Waals surface area (Å²) in [5.74, 6) is 0. The molecule has 6 rings (SSSR count). The molecule has 0 aromatic heterocycles. The van der Waals surface area contributed by atoms with Crippen LogP contribution in [0.2, 0.25) is 6.55 Å². The van der Waals surface area contributed by atoms with Gasteiger partial charge >= 0.3 is 0 Å². The second kappa shape index (κ2) is 9.38. The molecule has 0 aliphatic heterocycles. The first kappa shape index (κ1) is 22.7. The van der Waals surface area contributed by atoms with Gasteiger partial charge in [0.15, 0.2) is 0 Å². The summed E-state index contributed by atoms with van der Waals surface area (Å²) in [6, 6.07) is 50.9. The van der Waals surface area contributed by atoms with Crippen molar-refractivity contribution >= 4 is 18.4 Å². The highest BCUT2D eigenvalue weighted by Gasteiger charge is 2.58. The molecule has 0 unspecified atom stereocenters. The van der Waals surface area contributed by atoms with Gasteiger partial charge in [-0.1, -0.05) is 156 Å². The van der Waals surface area contributed by atoms with Crippen molar-refractivity contribution in [3.8, 4) is 11.1 Å². The van der Waals surface area contributed by atoms with Crippen molar-refractivity contribution in [3.63, 3.8) is 0 Å². The Morgan fingerprint density at radius 2 is 0.944 bits per heavy atom. The average molecular weight is 483 g/mol. The summed E-state index contributed by atoms with van der Waals surface area (Å²) in [5, 5.41) is 2.56. The highest BCUT2D eigenvalue weighted by molar-refractivity contribution is 7.04. The highest BCUT2D eigenvalue weighted by Crippen LogP contribution is 2.53. The Balaban J connectivity index is 1.62. The summed E-state index contributed by atoms with van der Waals surface area (Å²) in [7, 11) is -2.48. The van der Waals surface area contributed by atoms with Gasteiger partial charge in [0.2, 0.25) is 0 Å². The van der Waals surface area contributed by atoms with Crippen LogP contribution in [-0.2, 0) is 16.4 Å². The smallest absolute Gasteiger partial charge is 0.132 e. The fourth-order valence-corrected chi connectivity index (χ4v) is 11.2. The number of ether oxygens (including phenoxy) is 1. The maximum Gasteiger partial charge on any atom is 0.132 e. The lowest BCUT2D eigenvalue weighted by Gasteiger charge is -2.47. The monoisotopic (exact) mass is 482 g/mol. The van der Waals surface area contributed by atoms with Gasteiger partial charge in [-0.15, -0.1) is 0 Å². The van der Waals surface area contributed by atoms with E-state index in [2.05, 4.69) is 146 Å². The van der Waals surface area contributed by atoms with Crippen LogP contribution in [0.15, 0.2) is 140 Å². The highest BCUT2D eigenvalue weighted by atomic mass is 28.3. The predicted octanol–water partition coefficient (Wildman–Crippen LogP) is 6.60. The summed E-state index contributed by atoms with van der Waals surface area (Å²) in [5.41, 5.74) is 6.65. The third-order valence-corrected chi connectivity index (χ3v) is 13.4. The summed E-state index contributed by atoms with van der Waals surface area (Å²) in [6.07, 6.45) is 0. The summed E-state index contributed by atoms with van der Waals surface area (Å²) in [6.45, 7) is 3.77. The van der Waals surface area contributed by atoms with Gasteiger partial charge in [-0.2, -0.15) is 0 Å². The van der Waals surface area contributed by atoms with Crippen LogP contribution in [0.25, 0.3) is 11.1 Å². The lowest BCUT2D eigenvalue weighted by Crippen LogP contribution is -2.71. The predicted molar refractivity (Wildman–Crippen MR) is 153 cm³/mol. The molecule has 0 N–H and O–H groups in total. The van der Waals surface area contributed by atoms with Gasteiger partial charge in [-0.3, -0.25) is 0 Å². The minimum absolute atomic E-state index is 0.280. The van der Waals surface area contributed by atoms with Crippen LogP contribution in [0, 0.1) is 0 Å². The third-order valence-electron chi connectivity index (χ3n) is 8.05. The zero-order chi connectivity index (χ0) is 24.4. The first-order valence-corrected chi connectivity index (χ1v) is 15.2. The van der Waals surface area contributed by atoms with Crippen LogP contribution in [-0.4, -0.2) is 14.7 Å². The van der Waals surface area contributed by atoms with Gasteiger partial charge in [0.25, 0.3) is 0 Å². The van der Waals surface area contributed by atoms with E-state index in [0.29, 0.717) is 13.2 Å². The van der Waals surface area contributed by atoms with E-state index in [4.69, 9.17) is 4.74 Å². The Bertz CT molecular complexity index is 1380. The molecule has 0 spiro atoms. The van der Waals surface area contributed by atoms with Gasteiger partial charge in [-0.05, 0) is 27.8 Å². The number of hydrogen-bond acceptors (Lipinski definition) is 1. The molecule has 1 aliphatic carbocycles. The molecule has 0 bridgehead atoms. The molecule has 0 saturated carbocycles. The van der Waals surface area contributed by atoms with Crippen molar-refractivity contribution in [1.82, 2.24) is 0 Å². The van der Waals surface area contributed by atoms with E-state index < -0.39 is 8.07 Å². The number of hydrogen-bond donors (Lipinski definition) is 0. The quantitative estimate of drug-likeness (QED) is 0.237. The van der Waals surface area contributed by atoms with Crippen molar-refractivity contribution in [3.05, 3.63) is 156 Å². The molecular formula is C34H30OSi. The van der Waals surface area contributed by atoms with Crippen LogP contribution in [0.4, 0.5) is 0 Å². The third kappa shape index (κ3) is 3.49. The van der Waals surface area contributed by atoms with E-state index in [1.54, 1.807) is 0 Å². The lowest BCUT2D eigenvalue weighted by molar-refractivity contribution is 0.104. The zero-order valence-electron chi connectivity index (χ0n) is 20.6. The van der Waals surface area contributed by atoms with Crippen molar-refractivity contribution in [2.24, 2.45) is 0 Å². The molecule has 1 nitrogen and oxygen atoms in total. The minimum atomic E-state index is -2.48. The van der Waals surface area contributed by atoms with Gasteiger partial charge < -0.3 is 4.74 Å². The first-order valence-electron chi connectivity index (χ1n) is 12.7. The van der Waals surface area contributed by atoms with Gasteiger partial charge in [-0.25, -0.2) is 0 Å². The molecule has 0 saturated heterocycles. The molecule has 176 valence electrons. The van der Waals surface area contributed by atoms with Crippen molar-refractivity contribution in [1.29, 1.82) is 0 Å². The fraction of sp³-hybridized carbons (Fsp3) is 0.118. The van der Waals surface area contributed by atoms with Crippen LogP contribution in [0.5, 0.6) is 0 Å². The maximum atomic E-state index is 6.74. The molecule has 5 aromatic rings. The maximum absolute atomic E-state index is 6.74. The van der Waals surface area contributed by atoms with Crippen LogP contribution in [0.3, 0.4) is 0 Å². The van der Waals surface area contributed by atoms with Crippen molar-refractivity contribution < 1.29 is 4.74 Å². The fourth-order valence-electron chi connectivity index (χ4n) is 6.26. The van der Waals surface area contributed by atoms with Crippen LogP contribution < -0.4 is 10.4 Å². The largest absolute Gasteiger partial charge is 0.376 e. The second-order valence-corrected chi connectivity index (χ2v) is 14.1. The Morgan fingerprint density at radius 3 is 1.44 bits per heavy atom. The van der Waals surface area contributed by atoms with E-state index >= 15 is 0 Å². The van der Waals surface area contributed by atoms with E-state index in [-0.39, 0.29) is 5.04 Å². The van der Waals surface area contributed by atoms with Crippen LogP contribution >= 0.6 is 0 Å². The Hall–Kier alpha value is -3.72. The summed E-state index contributed by atoms with van der Waals surface area (Å²) >= 11 is 0.